The van der Waals surface area contributed by atoms with Gasteiger partial charge in [0.25, 0.3) is 0 Å². The normalized spacial score (nSPS) is 18.7. The van der Waals surface area contributed by atoms with Crippen molar-refractivity contribution in [2.24, 2.45) is 0 Å². The molecule has 1 aliphatic rings. The second kappa shape index (κ2) is 8.47. The molecular formula is C18H26N2O4S. The maximum atomic E-state index is 12.5. The number of benzene rings is 1. The van der Waals surface area contributed by atoms with Gasteiger partial charge in [-0.15, -0.1) is 0 Å². The van der Waals surface area contributed by atoms with Gasteiger partial charge in [0.05, 0.1) is 11.5 Å². The molecule has 0 saturated carbocycles. The summed E-state index contributed by atoms with van der Waals surface area (Å²) in [6.07, 6.45) is 0.707. The Morgan fingerprint density at radius 1 is 1.20 bits per heavy atom. The maximum absolute atomic E-state index is 12.5. The van der Waals surface area contributed by atoms with Gasteiger partial charge in [-0.05, 0) is 18.9 Å². The second-order valence-electron chi connectivity index (χ2n) is 6.41. The van der Waals surface area contributed by atoms with Gasteiger partial charge in [-0.3, -0.25) is 9.59 Å². The van der Waals surface area contributed by atoms with E-state index in [0.717, 1.165) is 5.56 Å². The number of amides is 2. The van der Waals surface area contributed by atoms with Gasteiger partial charge in [-0.25, -0.2) is 8.42 Å². The molecule has 1 heterocycles. The quantitative estimate of drug-likeness (QED) is 0.732. The summed E-state index contributed by atoms with van der Waals surface area (Å²) in [6, 6.07) is 9.40. The molecule has 0 radical (unpaired) electrons. The predicted molar refractivity (Wildman–Crippen MR) is 96.6 cm³/mol. The summed E-state index contributed by atoms with van der Waals surface area (Å²) in [6.45, 7) is 4.63. The Balaban J connectivity index is 1.94. The minimum atomic E-state index is -3.03. The van der Waals surface area contributed by atoms with Crippen molar-refractivity contribution < 1.29 is 18.0 Å². The van der Waals surface area contributed by atoms with Crippen molar-refractivity contribution in [2.45, 2.75) is 39.3 Å². The maximum Gasteiger partial charge on any atom is 0.224 e. The Bertz CT molecular complexity index is 703. The fraction of sp³-hybridized carbons (Fsp3) is 0.556. The van der Waals surface area contributed by atoms with Gasteiger partial charge < -0.3 is 9.80 Å². The topological polar surface area (TPSA) is 74.8 Å². The molecule has 138 valence electrons. The first-order valence-corrected chi connectivity index (χ1v) is 10.4. The van der Waals surface area contributed by atoms with Crippen LogP contribution in [0.5, 0.6) is 0 Å². The molecule has 1 aromatic carbocycles. The van der Waals surface area contributed by atoms with Crippen LogP contribution in [0.4, 0.5) is 0 Å². The summed E-state index contributed by atoms with van der Waals surface area (Å²) in [5.41, 5.74) is 1.01. The predicted octanol–water partition coefficient (Wildman–Crippen LogP) is 1.46. The molecule has 7 heteroatoms. The Kier molecular flexibility index (Phi) is 6.58. The number of rotatable bonds is 7. The van der Waals surface area contributed by atoms with Crippen LogP contribution >= 0.6 is 0 Å². The first-order valence-electron chi connectivity index (χ1n) is 8.61. The average molecular weight is 366 g/mol. The molecule has 1 aromatic rings. The van der Waals surface area contributed by atoms with Gasteiger partial charge >= 0.3 is 0 Å². The number of sulfone groups is 1. The van der Waals surface area contributed by atoms with Gasteiger partial charge in [0.15, 0.2) is 9.84 Å². The van der Waals surface area contributed by atoms with E-state index in [1.165, 1.54) is 6.92 Å². The van der Waals surface area contributed by atoms with Crippen molar-refractivity contribution in [3.63, 3.8) is 0 Å². The van der Waals surface area contributed by atoms with Gasteiger partial charge in [0.2, 0.25) is 11.8 Å². The average Bonchev–Trinajstić information content (AvgIpc) is 2.92. The van der Waals surface area contributed by atoms with E-state index in [2.05, 4.69) is 0 Å². The first-order chi connectivity index (χ1) is 11.8. The lowest BCUT2D eigenvalue weighted by molar-refractivity contribution is -0.134. The Morgan fingerprint density at radius 2 is 1.88 bits per heavy atom. The Morgan fingerprint density at radius 3 is 2.40 bits per heavy atom. The molecule has 6 nitrogen and oxygen atoms in total. The number of carbonyl (C=O) groups excluding carboxylic acids is 2. The summed E-state index contributed by atoms with van der Waals surface area (Å²) >= 11 is 0. The third kappa shape index (κ3) is 5.56. The summed E-state index contributed by atoms with van der Waals surface area (Å²) < 4.78 is 23.3. The van der Waals surface area contributed by atoms with E-state index < -0.39 is 9.84 Å². The van der Waals surface area contributed by atoms with Crippen LogP contribution < -0.4 is 0 Å². The van der Waals surface area contributed by atoms with Crippen molar-refractivity contribution in [1.29, 1.82) is 0 Å². The van der Waals surface area contributed by atoms with Crippen LogP contribution in [0, 0.1) is 0 Å². The molecule has 25 heavy (non-hydrogen) atoms. The summed E-state index contributed by atoms with van der Waals surface area (Å²) in [7, 11) is -3.03. The lowest BCUT2D eigenvalue weighted by atomic mass is 10.2. The van der Waals surface area contributed by atoms with Crippen LogP contribution in [0.25, 0.3) is 0 Å². The van der Waals surface area contributed by atoms with Crippen molar-refractivity contribution >= 4 is 21.7 Å². The summed E-state index contributed by atoms with van der Waals surface area (Å²) in [5, 5.41) is 0. The third-order valence-corrected chi connectivity index (χ3v) is 6.32. The van der Waals surface area contributed by atoms with Crippen LogP contribution in [0.15, 0.2) is 30.3 Å². The van der Waals surface area contributed by atoms with Gasteiger partial charge in [-0.1, -0.05) is 30.3 Å². The lowest BCUT2D eigenvalue weighted by Crippen LogP contribution is -2.42. The molecule has 0 spiro atoms. The fourth-order valence-electron chi connectivity index (χ4n) is 3.19. The minimum absolute atomic E-state index is 0.0486. The summed E-state index contributed by atoms with van der Waals surface area (Å²) in [5.74, 6) is 0.0225. The van der Waals surface area contributed by atoms with E-state index in [1.54, 1.807) is 9.80 Å². The smallest absolute Gasteiger partial charge is 0.224 e. The zero-order valence-corrected chi connectivity index (χ0v) is 15.7. The van der Waals surface area contributed by atoms with Crippen LogP contribution in [-0.2, 0) is 26.0 Å². The molecular weight excluding hydrogens is 340 g/mol. The second-order valence-corrected chi connectivity index (χ2v) is 8.64. The number of nitrogens with zero attached hydrogens (tertiary/aromatic N) is 2. The lowest BCUT2D eigenvalue weighted by Gasteiger charge is -2.28. The van der Waals surface area contributed by atoms with E-state index in [0.29, 0.717) is 26.1 Å². The van der Waals surface area contributed by atoms with Gasteiger partial charge in [0.1, 0.15) is 0 Å². The van der Waals surface area contributed by atoms with Crippen LogP contribution in [-0.4, -0.2) is 60.7 Å². The largest absolute Gasteiger partial charge is 0.339 e. The standard InChI is InChI=1S/C18H26N2O4S/c1-3-20(17-10-12-25(23,24)14-17)18(22)9-11-19(15(2)21)13-16-7-5-4-6-8-16/h4-8,17H,3,9-14H2,1-2H3. The molecule has 2 rings (SSSR count). The monoisotopic (exact) mass is 366 g/mol. The minimum Gasteiger partial charge on any atom is -0.339 e. The molecule has 1 saturated heterocycles. The first kappa shape index (κ1) is 19.4. The highest BCUT2D eigenvalue weighted by Gasteiger charge is 2.33. The highest BCUT2D eigenvalue weighted by molar-refractivity contribution is 7.91. The molecule has 1 atom stereocenters. The van der Waals surface area contributed by atoms with Gasteiger partial charge in [0, 0.05) is 39.0 Å². The van der Waals surface area contributed by atoms with Crippen molar-refractivity contribution in [3.05, 3.63) is 35.9 Å². The SMILES string of the molecule is CCN(C(=O)CCN(Cc1ccccc1)C(C)=O)C1CCS(=O)(=O)C1. The Hall–Kier alpha value is -1.89. The van der Waals surface area contributed by atoms with Crippen molar-refractivity contribution in [2.75, 3.05) is 24.6 Å². The zero-order chi connectivity index (χ0) is 18.4. The molecule has 0 N–H and O–H groups in total. The Labute approximate surface area is 149 Å². The molecule has 0 aliphatic carbocycles. The molecule has 2 amide bonds. The fourth-order valence-corrected chi connectivity index (χ4v) is 4.92. The number of carbonyl (C=O) groups is 2. The van der Waals surface area contributed by atoms with Crippen molar-refractivity contribution in [3.8, 4) is 0 Å². The molecule has 1 aliphatic heterocycles. The highest BCUT2D eigenvalue weighted by Crippen LogP contribution is 2.18. The highest BCUT2D eigenvalue weighted by atomic mass is 32.2. The third-order valence-electron chi connectivity index (χ3n) is 4.57. The van der Waals surface area contributed by atoms with Crippen LogP contribution in [0.3, 0.4) is 0 Å². The zero-order valence-electron chi connectivity index (χ0n) is 14.8. The molecule has 0 aromatic heterocycles. The van der Waals surface area contributed by atoms with Crippen LogP contribution in [0.2, 0.25) is 0 Å². The van der Waals surface area contributed by atoms with Crippen LogP contribution in [0.1, 0.15) is 32.3 Å². The van der Waals surface area contributed by atoms with E-state index in [4.69, 9.17) is 0 Å². The van der Waals surface area contributed by atoms with E-state index in [1.807, 2.05) is 37.3 Å². The summed E-state index contributed by atoms with van der Waals surface area (Å²) in [4.78, 5) is 27.7. The van der Waals surface area contributed by atoms with Crippen molar-refractivity contribution in [1.82, 2.24) is 9.80 Å². The van der Waals surface area contributed by atoms with E-state index in [-0.39, 0.29) is 35.8 Å². The number of hydrogen-bond donors (Lipinski definition) is 0. The molecule has 0 bridgehead atoms. The van der Waals surface area contributed by atoms with E-state index in [9.17, 15) is 18.0 Å². The van der Waals surface area contributed by atoms with E-state index >= 15 is 0 Å². The molecule has 1 unspecified atom stereocenters. The number of hydrogen-bond acceptors (Lipinski definition) is 4. The molecule has 1 fully saturated rings. The van der Waals surface area contributed by atoms with Gasteiger partial charge in [-0.2, -0.15) is 0 Å².